The molecule has 2 nitrogen and oxygen atoms in total. The van der Waals surface area contributed by atoms with Gasteiger partial charge in [0.15, 0.2) is 0 Å². The first-order valence-corrected chi connectivity index (χ1v) is 9.59. The van der Waals surface area contributed by atoms with Crippen LogP contribution in [0, 0.1) is 5.92 Å². The van der Waals surface area contributed by atoms with Crippen LogP contribution in [0.25, 0.3) is 0 Å². The Labute approximate surface area is 155 Å². The third-order valence-corrected chi connectivity index (χ3v) is 5.77. The molecule has 25 heavy (non-hydrogen) atoms. The van der Waals surface area contributed by atoms with E-state index in [1.165, 1.54) is 28.8 Å². The number of benzene rings is 2. The van der Waals surface area contributed by atoms with Gasteiger partial charge in [-0.05, 0) is 47.6 Å². The Morgan fingerprint density at radius 2 is 1.96 bits per heavy atom. The Kier molecular flexibility index (Phi) is 4.29. The van der Waals surface area contributed by atoms with Crippen LogP contribution in [-0.2, 0) is 10.2 Å². The van der Waals surface area contributed by atoms with E-state index < -0.39 is 0 Å². The topological polar surface area (TPSA) is 21.3 Å². The molecule has 0 saturated carbocycles. The molecule has 3 heteroatoms. The molecule has 3 atom stereocenters. The number of nitrogens with one attached hydrogen (secondary N) is 1. The highest BCUT2D eigenvalue weighted by Crippen LogP contribution is 2.49. The number of anilines is 1. The lowest BCUT2D eigenvalue weighted by molar-refractivity contribution is -0.0382. The summed E-state index contributed by atoms with van der Waals surface area (Å²) in [5, 5.41) is 4.57. The fourth-order valence-corrected chi connectivity index (χ4v) is 4.37. The van der Waals surface area contributed by atoms with Gasteiger partial charge >= 0.3 is 0 Å². The molecule has 132 valence electrons. The van der Waals surface area contributed by atoms with Crippen molar-refractivity contribution in [2.45, 2.75) is 51.2 Å². The summed E-state index contributed by atoms with van der Waals surface area (Å²) in [7, 11) is 0. The first kappa shape index (κ1) is 16.9. The zero-order valence-corrected chi connectivity index (χ0v) is 15.9. The van der Waals surface area contributed by atoms with Gasteiger partial charge < -0.3 is 10.1 Å². The average Bonchev–Trinajstić information content (AvgIpc) is 2.60. The molecule has 2 aliphatic rings. The smallest absolute Gasteiger partial charge is 0.0895 e. The van der Waals surface area contributed by atoms with Gasteiger partial charge in [0, 0.05) is 28.8 Å². The molecule has 1 N–H and O–H groups in total. The molecule has 0 radical (unpaired) electrons. The minimum atomic E-state index is 0.142. The highest BCUT2D eigenvalue weighted by Gasteiger charge is 2.40. The molecule has 2 aliphatic heterocycles. The fraction of sp³-hybridized carbons (Fsp3) is 0.455. The first-order valence-electron chi connectivity index (χ1n) is 9.21. The highest BCUT2D eigenvalue weighted by atomic mass is 35.5. The van der Waals surface area contributed by atoms with Crippen molar-refractivity contribution < 1.29 is 4.74 Å². The Morgan fingerprint density at radius 3 is 2.72 bits per heavy atom. The SMILES string of the molecule is CC(C)(C)c1ccc2c(c1)C1OCCCC1C(c1cccc(Cl)c1)N2. The van der Waals surface area contributed by atoms with Gasteiger partial charge in [-0.1, -0.05) is 56.6 Å². The van der Waals surface area contributed by atoms with Crippen LogP contribution in [0.15, 0.2) is 42.5 Å². The Balaban J connectivity index is 1.78. The minimum absolute atomic E-state index is 0.142. The van der Waals surface area contributed by atoms with Crippen LogP contribution in [0.1, 0.15) is 62.4 Å². The van der Waals surface area contributed by atoms with Gasteiger partial charge in [0.25, 0.3) is 0 Å². The second-order valence-corrected chi connectivity index (χ2v) is 8.76. The number of ether oxygens (including phenoxy) is 1. The van der Waals surface area contributed by atoms with E-state index in [1.807, 2.05) is 12.1 Å². The number of hydrogen-bond acceptors (Lipinski definition) is 2. The summed E-state index contributed by atoms with van der Waals surface area (Å²) in [5.74, 6) is 0.440. The summed E-state index contributed by atoms with van der Waals surface area (Å²) in [6, 6.07) is 15.3. The minimum Gasteiger partial charge on any atom is -0.378 e. The molecule has 2 aromatic carbocycles. The van der Waals surface area contributed by atoms with Gasteiger partial charge in [-0.3, -0.25) is 0 Å². The van der Waals surface area contributed by atoms with E-state index in [0.29, 0.717) is 5.92 Å². The zero-order chi connectivity index (χ0) is 17.6. The lowest BCUT2D eigenvalue weighted by Gasteiger charge is -2.44. The number of hydrogen-bond donors (Lipinski definition) is 1. The molecule has 0 aromatic heterocycles. The van der Waals surface area contributed by atoms with Crippen molar-refractivity contribution in [2.75, 3.05) is 11.9 Å². The van der Waals surface area contributed by atoms with Crippen LogP contribution in [-0.4, -0.2) is 6.61 Å². The largest absolute Gasteiger partial charge is 0.378 e. The van der Waals surface area contributed by atoms with E-state index in [-0.39, 0.29) is 17.6 Å². The molecule has 3 unspecified atom stereocenters. The molecule has 2 aromatic rings. The molecule has 1 saturated heterocycles. The molecular formula is C22H26ClNO. The Hall–Kier alpha value is -1.51. The van der Waals surface area contributed by atoms with Crippen molar-refractivity contribution in [3.63, 3.8) is 0 Å². The molecule has 0 bridgehead atoms. The van der Waals surface area contributed by atoms with Crippen LogP contribution >= 0.6 is 11.6 Å². The van der Waals surface area contributed by atoms with Gasteiger partial charge in [-0.15, -0.1) is 0 Å². The van der Waals surface area contributed by atoms with E-state index in [0.717, 1.165) is 18.1 Å². The maximum absolute atomic E-state index is 6.29. The van der Waals surface area contributed by atoms with Crippen LogP contribution in [0.3, 0.4) is 0 Å². The van der Waals surface area contributed by atoms with Crippen LogP contribution in [0.5, 0.6) is 0 Å². The Morgan fingerprint density at radius 1 is 1.12 bits per heavy atom. The average molecular weight is 356 g/mol. The summed E-state index contributed by atoms with van der Waals surface area (Å²) in [6.45, 7) is 7.64. The second kappa shape index (κ2) is 6.34. The van der Waals surface area contributed by atoms with Gasteiger partial charge in [-0.25, -0.2) is 0 Å². The molecule has 0 spiro atoms. The number of halogens is 1. The first-order chi connectivity index (χ1) is 11.9. The maximum atomic E-state index is 6.29. The van der Waals surface area contributed by atoms with E-state index in [9.17, 15) is 0 Å². The molecule has 4 rings (SSSR count). The Bertz CT molecular complexity index is 780. The summed E-state index contributed by atoms with van der Waals surface area (Å²) < 4.78 is 6.29. The van der Waals surface area contributed by atoms with Crippen molar-refractivity contribution in [3.05, 3.63) is 64.2 Å². The third-order valence-electron chi connectivity index (χ3n) is 5.54. The van der Waals surface area contributed by atoms with E-state index in [1.54, 1.807) is 0 Å². The van der Waals surface area contributed by atoms with Crippen molar-refractivity contribution in [2.24, 2.45) is 5.92 Å². The standard InChI is InChI=1S/C22H26ClNO/c1-22(2,3)15-9-10-19-18(13-15)21-17(8-5-11-25-21)20(24-19)14-6-4-7-16(23)12-14/h4,6-7,9-10,12-13,17,20-21,24H,5,8,11H2,1-3H3. The quantitative estimate of drug-likeness (QED) is 0.650. The van der Waals surface area contributed by atoms with E-state index in [2.05, 4.69) is 56.4 Å². The highest BCUT2D eigenvalue weighted by molar-refractivity contribution is 6.30. The van der Waals surface area contributed by atoms with Gasteiger partial charge in [-0.2, -0.15) is 0 Å². The van der Waals surface area contributed by atoms with Crippen molar-refractivity contribution in [1.82, 2.24) is 0 Å². The maximum Gasteiger partial charge on any atom is 0.0895 e. The van der Waals surface area contributed by atoms with Gasteiger partial charge in [0.05, 0.1) is 12.1 Å². The number of rotatable bonds is 1. The van der Waals surface area contributed by atoms with E-state index >= 15 is 0 Å². The molecule has 0 aliphatic carbocycles. The normalized spacial score (nSPS) is 25.7. The number of fused-ring (bicyclic) bond motifs is 3. The summed E-state index contributed by atoms with van der Waals surface area (Å²) in [4.78, 5) is 0. The molecule has 2 heterocycles. The van der Waals surface area contributed by atoms with Crippen molar-refractivity contribution >= 4 is 17.3 Å². The fourth-order valence-electron chi connectivity index (χ4n) is 4.17. The lowest BCUT2D eigenvalue weighted by atomic mass is 9.76. The van der Waals surface area contributed by atoms with Crippen LogP contribution < -0.4 is 5.32 Å². The summed E-state index contributed by atoms with van der Waals surface area (Å²) in [5.41, 5.74) is 5.26. The van der Waals surface area contributed by atoms with E-state index in [4.69, 9.17) is 16.3 Å². The second-order valence-electron chi connectivity index (χ2n) is 8.33. The summed E-state index contributed by atoms with van der Waals surface area (Å²) in [6.07, 6.45) is 2.46. The summed E-state index contributed by atoms with van der Waals surface area (Å²) >= 11 is 6.25. The zero-order valence-electron chi connectivity index (χ0n) is 15.2. The lowest BCUT2D eigenvalue weighted by Crippen LogP contribution is -2.36. The third kappa shape index (κ3) is 3.18. The predicted octanol–water partition coefficient (Wildman–Crippen LogP) is 6.27. The van der Waals surface area contributed by atoms with Crippen molar-refractivity contribution in [3.8, 4) is 0 Å². The monoisotopic (exact) mass is 355 g/mol. The van der Waals surface area contributed by atoms with Crippen LogP contribution in [0.4, 0.5) is 5.69 Å². The molecular weight excluding hydrogens is 330 g/mol. The predicted molar refractivity (Wildman–Crippen MR) is 104 cm³/mol. The van der Waals surface area contributed by atoms with Gasteiger partial charge in [0.2, 0.25) is 0 Å². The van der Waals surface area contributed by atoms with Crippen LogP contribution in [0.2, 0.25) is 5.02 Å². The van der Waals surface area contributed by atoms with Gasteiger partial charge in [0.1, 0.15) is 0 Å². The molecule has 1 fully saturated rings. The molecule has 0 amide bonds. The van der Waals surface area contributed by atoms with Crippen molar-refractivity contribution in [1.29, 1.82) is 0 Å².